The van der Waals surface area contributed by atoms with Gasteiger partial charge in [0, 0.05) is 10.6 Å². The number of likely N-dealkylation sites (N-methyl/N-ethyl adjacent to an activating group) is 1. The maximum Gasteiger partial charge on any atom is 0.237 e. The maximum atomic E-state index is 12.4. The van der Waals surface area contributed by atoms with E-state index in [4.69, 9.17) is 11.6 Å². The molecule has 19 heavy (non-hydrogen) atoms. The first-order chi connectivity index (χ1) is 9.19. The van der Waals surface area contributed by atoms with Crippen LogP contribution in [0.5, 0.6) is 0 Å². The SMILES string of the molecule is CC[C@H]1S[C@H](c2ccccc2Cl)N(CC[NH2+]C)C1=O. The Kier molecular flexibility index (Phi) is 5.13. The number of nitrogens with zero attached hydrogens (tertiary/aromatic N) is 1. The summed E-state index contributed by atoms with van der Waals surface area (Å²) >= 11 is 8.01. The molecule has 1 saturated heterocycles. The van der Waals surface area contributed by atoms with Crippen molar-refractivity contribution in [2.75, 3.05) is 20.1 Å². The molecule has 3 nitrogen and oxygen atoms in total. The molecule has 104 valence electrons. The average Bonchev–Trinajstić information content (AvgIpc) is 2.73. The Hall–Kier alpha value is -0.710. The molecule has 2 N–H and O–H groups in total. The minimum absolute atomic E-state index is 0.0612. The molecular weight excluding hydrogens is 280 g/mol. The van der Waals surface area contributed by atoms with Crippen LogP contribution >= 0.6 is 23.4 Å². The second kappa shape index (κ2) is 6.64. The van der Waals surface area contributed by atoms with Crippen molar-refractivity contribution >= 4 is 29.3 Å². The molecule has 1 amide bonds. The van der Waals surface area contributed by atoms with Crippen molar-refractivity contribution in [2.45, 2.75) is 24.0 Å². The molecule has 0 saturated carbocycles. The molecule has 0 aliphatic carbocycles. The Morgan fingerprint density at radius 1 is 1.42 bits per heavy atom. The summed E-state index contributed by atoms with van der Waals surface area (Å²) in [5.74, 6) is 0.249. The number of carbonyl (C=O) groups is 1. The van der Waals surface area contributed by atoms with Gasteiger partial charge in [-0.05, 0) is 12.5 Å². The highest BCUT2D eigenvalue weighted by Gasteiger charge is 2.40. The summed E-state index contributed by atoms with van der Waals surface area (Å²) in [5, 5.41) is 2.97. The van der Waals surface area contributed by atoms with E-state index in [0.29, 0.717) is 0 Å². The second-order valence-electron chi connectivity index (χ2n) is 4.64. The highest BCUT2D eigenvalue weighted by Crippen LogP contribution is 2.45. The molecule has 0 unspecified atom stereocenters. The number of carbonyl (C=O) groups excluding carboxylic acids is 1. The molecule has 1 heterocycles. The first-order valence-electron chi connectivity index (χ1n) is 6.67. The van der Waals surface area contributed by atoms with E-state index in [1.807, 2.05) is 36.2 Å². The van der Waals surface area contributed by atoms with E-state index in [1.54, 1.807) is 11.8 Å². The second-order valence-corrected chi connectivity index (χ2v) is 6.33. The average molecular weight is 300 g/mol. The lowest BCUT2D eigenvalue weighted by molar-refractivity contribution is -0.626. The molecule has 1 aromatic rings. The lowest BCUT2D eigenvalue weighted by Crippen LogP contribution is -2.81. The third kappa shape index (κ3) is 3.07. The van der Waals surface area contributed by atoms with Crippen molar-refractivity contribution in [1.29, 1.82) is 0 Å². The zero-order valence-electron chi connectivity index (χ0n) is 11.3. The van der Waals surface area contributed by atoms with Gasteiger partial charge >= 0.3 is 0 Å². The summed E-state index contributed by atoms with van der Waals surface area (Å²) in [5.41, 5.74) is 1.05. The molecule has 0 spiro atoms. The van der Waals surface area contributed by atoms with E-state index in [1.165, 1.54) is 0 Å². The van der Waals surface area contributed by atoms with Gasteiger partial charge in [-0.3, -0.25) is 4.79 Å². The van der Waals surface area contributed by atoms with Crippen LogP contribution in [0.1, 0.15) is 24.3 Å². The number of rotatable bonds is 5. The molecule has 1 aliphatic heterocycles. The zero-order chi connectivity index (χ0) is 13.8. The van der Waals surface area contributed by atoms with Crippen LogP contribution in [-0.4, -0.2) is 36.2 Å². The fraction of sp³-hybridized carbons (Fsp3) is 0.500. The number of nitrogens with two attached hydrogens (primary N) is 1. The summed E-state index contributed by atoms with van der Waals surface area (Å²) < 4.78 is 0. The van der Waals surface area contributed by atoms with Crippen LogP contribution in [0.2, 0.25) is 5.02 Å². The Morgan fingerprint density at radius 3 is 2.79 bits per heavy atom. The smallest absolute Gasteiger partial charge is 0.237 e. The fourth-order valence-corrected chi connectivity index (χ4v) is 4.04. The van der Waals surface area contributed by atoms with Gasteiger partial charge in [-0.25, -0.2) is 0 Å². The number of halogens is 1. The summed E-state index contributed by atoms with van der Waals surface area (Å²) in [6, 6.07) is 7.82. The quantitative estimate of drug-likeness (QED) is 0.901. The van der Waals surface area contributed by atoms with E-state index in [-0.39, 0.29) is 16.5 Å². The predicted octanol–water partition coefficient (Wildman–Crippen LogP) is 1.89. The van der Waals surface area contributed by atoms with Crippen LogP contribution in [0.15, 0.2) is 24.3 Å². The standard InChI is InChI=1S/C14H19ClN2OS/c1-3-12-13(18)17(9-8-16-2)14(19-12)10-6-4-5-7-11(10)15/h4-7,12,14,16H,3,8-9H2,1-2H3/p+1/t12-,14-/m1/s1. The molecule has 5 heteroatoms. The van der Waals surface area contributed by atoms with E-state index in [2.05, 4.69) is 12.2 Å². The minimum atomic E-state index is 0.0612. The lowest BCUT2D eigenvalue weighted by atomic mass is 10.2. The van der Waals surface area contributed by atoms with Crippen LogP contribution in [-0.2, 0) is 4.79 Å². The van der Waals surface area contributed by atoms with Crippen LogP contribution in [0, 0.1) is 0 Å². The molecule has 1 fully saturated rings. The Balaban J connectivity index is 2.26. The van der Waals surface area contributed by atoms with Crippen molar-refractivity contribution in [2.24, 2.45) is 0 Å². The number of hydrogen-bond donors (Lipinski definition) is 1. The topological polar surface area (TPSA) is 36.9 Å². The Labute approximate surface area is 123 Å². The molecule has 1 aliphatic rings. The largest absolute Gasteiger partial charge is 0.347 e. The normalized spacial score (nSPS) is 23.1. The maximum absolute atomic E-state index is 12.4. The third-order valence-corrected chi connectivity index (χ3v) is 5.31. The van der Waals surface area contributed by atoms with Gasteiger partial charge in [0.15, 0.2) is 0 Å². The van der Waals surface area contributed by atoms with Crippen molar-refractivity contribution in [3.05, 3.63) is 34.9 Å². The van der Waals surface area contributed by atoms with Crippen LogP contribution in [0.4, 0.5) is 0 Å². The molecule has 0 aromatic heterocycles. The van der Waals surface area contributed by atoms with E-state index >= 15 is 0 Å². The summed E-state index contributed by atoms with van der Waals surface area (Å²) in [7, 11) is 2.02. The van der Waals surface area contributed by atoms with Crippen molar-refractivity contribution in [1.82, 2.24) is 4.90 Å². The van der Waals surface area contributed by atoms with Crippen molar-refractivity contribution in [3.63, 3.8) is 0 Å². The third-order valence-electron chi connectivity index (χ3n) is 3.34. The van der Waals surface area contributed by atoms with Crippen molar-refractivity contribution in [3.8, 4) is 0 Å². The van der Waals surface area contributed by atoms with E-state index in [0.717, 1.165) is 30.1 Å². The van der Waals surface area contributed by atoms with Gasteiger partial charge in [0.1, 0.15) is 5.37 Å². The van der Waals surface area contributed by atoms with Crippen LogP contribution < -0.4 is 5.32 Å². The minimum Gasteiger partial charge on any atom is -0.347 e. The van der Waals surface area contributed by atoms with Gasteiger partial charge in [-0.15, -0.1) is 11.8 Å². The van der Waals surface area contributed by atoms with Gasteiger partial charge in [0.2, 0.25) is 5.91 Å². The number of hydrogen-bond acceptors (Lipinski definition) is 2. The van der Waals surface area contributed by atoms with Crippen LogP contribution in [0.25, 0.3) is 0 Å². The van der Waals surface area contributed by atoms with E-state index in [9.17, 15) is 4.79 Å². The van der Waals surface area contributed by atoms with Gasteiger partial charge in [0.05, 0.1) is 25.4 Å². The zero-order valence-corrected chi connectivity index (χ0v) is 12.9. The van der Waals surface area contributed by atoms with E-state index < -0.39 is 0 Å². The molecular formula is C14H20ClN2OS+. The van der Waals surface area contributed by atoms with Crippen molar-refractivity contribution < 1.29 is 10.1 Å². The highest BCUT2D eigenvalue weighted by atomic mass is 35.5. The Bertz CT molecular complexity index is 455. The summed E-state index contributed by atoms with van der Waals surface area (Å²) in [6.07, 6.45) is 0.872. The van der Waals surface area contributed by atoms with Gasteiger partial charge < -0.3 is 10.2 Å². The fourth-order valence-electron chi connectivity index (χ4n) is 2.27. The number of thioether (sulfide) groups is 1. The first-order valence-corrected chi connectivity index (χ1v) is 7.99. The summed E-state index contributed by atoms with van der Waals surface area (Å²) in [6.45, 7) is 3.76. The van der Waals surface area contributed by atoms with Crippen LogP contribution in [0.3, 0.4) is 0 Å². The molecule has 1 aromatic carbocycles. The number of benzene rings is 1. The molecule has 2 rings (SSSR count). The predicted molar refractivity (Wildman–Crippen MR) is 80.3 cm³/mol. The first kappa shape index (κ1) is 14.7. The summed E-state index contributed by atoms with van der Waals surface area (Å²) in [4.78, 5) is 14.4. The highest BCUT2D eigenvalue weighted by molar-refractivity contribution is 8.01. The van der Waals surface area contributed by atoms with Gasteiger partial charge in [0.25, 0.3) is 0 Å². The van der Waals surface area contributed by atoms with Gasteiger partial charge in [-0.1, -0.05) is 36.7 Å². The number of amides is 1. The monoisotopic (exact) mass is 299 g/mol. The molecule has 0 bridgehead atoms. The Morgan fingerprint density at radius 2 is 2.16 bits per heavy atom. The van der Waals surface area contributed by atoms with Gasteiger partial charge in [-0.2, -0.15) is 0 Å². The number of quaternary nitrogens is 1. The lowest BCUT2D eigenvalue weighted by Gasteiger charge is -2.23. The molecule has 0 radical (unpaired) electrons. The molecule has 2 atom stereocenters.